The highest BCUT2D eigenvalue weighted by Crippen LogP contribution is 2.46. The monoisotopic (exact) mass is 701 g/mol. The Kier molecular flexibility index (Phi) is 7.12. The Morgan fingerprint density at radius 1 is 0.400 bits per heavy atom. The maximum absolute atomic E-state index is 6.28. The van der Waals surface area contributed by atoms with E-state index in [4.69, 9.17) is 4.42 Å². The highest BCUT2D eigenvalue weighted by Gasteiger charge is 2.28. The number of anilines is 3. The van der Waals surface area contributed by atoms with Crippen molar-refractivity contribution in [3.8, 4) is 0 Å². The summed E-state index contributed by atoms with van der Waals surface area (Å²) in [6, 6.07) is 66.6. The second-order valence-corrected chi connectivity index (χ2v) is 14.9. The number of fused-ring (bicyclic) bond motifs is 4. The van der Waals surface area contributed by atoms with E-state index >= 15 is 0 Å². The van der Waals surface area contributed by atoms with Crippen LogP contribution in [0.5, 0.6) is 0 Å². The summed E-state index contributed by atoms with van der Waals surface area (Å²) in [7, 11) is 0. The Hall–Kier alpha value is -6.84. The zero-order valence-corrected chi connectivity index (χ0v) is 30.8. The number of hydrogen-bond acceptors (Lipinski definition) is 2. The molecule has 3 heteroatoms. The molecule has 0 spiro atoms. The number of aryl methyl sites for hydroxylation is 2. The molecule has 0 aliphatic carbocycles. The Morgan fingerprint density at radius 3 is 1.84 bits per heavy atom. The molecule has 2 nitrogen and oxygen atoms in total. The normalized spacial score (nSPS) is 11.8. The fraction of sp³-hybridized carbons (Fsp3) is 0.0385. The summed E-state index contributed by atoms with van der Waals surface area (Å²) in [5, 5.41) is 12.6. The fourth-order valence-corrected chi connectivity index (χ4v) is 9.31. The molecule has 11 rings (SSSR count). The molecule has 0 saturated carbocycles. The zero-order valence-electron chi connectivity index (χ0n) is 30.8. The topological polar surface area (TPSA) is 16.4 Å². The number of rotatable bonds is 6. The van der Waals surface area contributed by atoms with Gasteiger partial charge in [0, 0.05) is 27.5 Å². The van der Waals surface area contributed by atoms with E-state index in [9.17, 15) is 0 Å². The van der Waals surface area contributed by atoms with Gasteiger partial charge in [0.15, 0.2) is 0 Å². The summed E-state index contributed by atoms with van der Waals surface area (Å²) >= 11 is 0. The van der Waals surface area contributed by atoms with Gasteiger partial charge < -0.3 is 9.32 Å². The molecule has 0 atom stereocenters. The van der Waals surface area contributed by atoms with Crippen molar-refractivity contribution in [2.75, 3.05) is 4.90 Å². The van der Waals surface area contributed by atoms with Crippen molar-refractivity contribution < 1.29 is 4.42 Å². The zero-order chi connectivity index (χ0) is 36.6. The van der Waals surface area contributed by atoms with Crippen LogP contribution in [0.2, 0.25) is 0 Å². The lowest BCUT2D eigenvalue weighted by Gasteiger charge is -2.29. The number of para-hydroxylation sites is 2. The van der Waals surface area contributed by atoms with Crippen LogP contribution in [0, 0.1) is 13.8 Å². The first kappa shape index (κ1) is 31.7. The summed E-state index contributed by atoms with van der Waals surface area (Å²) in [4.78, 5) is 2.43. The molecule has 0 radical (unpaired) electrons. The van der Waals surface area contributed by atoms with Crippen LogP contribution in [0.3, 0.4) is 0 Å². The molecule has 1 aromatic heterocycles. The lowest BCUT2D eigenvalue weighted by Crippen LogP contribution is -2.52. The Morgan fingerprint density at radius 2 is 1.02 bits per heavy atom. The summed E-state index contributed by atoms with van der Waals surface area (Å²) in [6.07, 6.45) is 0. The molecule has 0 unspecified atom stereocenters. The van der Waals surface area contributed by atoms with E-state index in [1.807, 2.05) is 12.1 Å². The van der Waals surface area contributed by atoms with Gasteiger partial charge in [0.2, 0.25) is 6.71 Å². The van der Waals surface area contributed by atoms with Crippen LogP contribution in [-0.4, -0.2) is 6.71 Å². The van der Waals surface area contributed by atoms with Gasteiger partial charge in [0.1, 0.15) is 11.2 Å². The van der Waals surface area contributed by atoms with Crippen LogP contribution in [0.25, 0.3) is 65.0 Å². The van der Waals surface area contributed by atoms with Crippen LogP contribution < -0.4 is 21.3 Å². The molecule has 0 fully saturated rings. The van der Waals surface area contributed by atoms with Gasteiger partial charge in [-0.05, 0) is 105 Å². The second-order valence-electron chi connectivity index (χ2n) is 14.9. The predicted octanol–water partition coefficient (Wildman–Crippen LogP) is 12.2. The number of furan rings is 1. The van der Waals surface area contributed by atoms with Gasteiger partial charge in [0.05, 0.1) is 5.69 Å². The third-order valence-electron chi connectivity index (χ3n) is 11.8. The molecule has 55 heavy (non-hydrogen) atoms. The SMILES string of the molecule is Cc1cc(B(c2ccccc2)c2cccc3ccccc23)c2ccc3c(C)cc(N(c4ccccc4)c4ccc5oc6ccccc6c5c4)c4ccc1c2c34. The molecule has 1 heterocycles. The van der Waals surface area contributed by atoms with Gasteiger partial charge in [0.25, 0.3) is 0 Å². The molecular formula is C52H36BNO. The first-order valence-electron chi connectivity index (χ1n) is 19.1. The summed E-state index contributed by atoms with van der Waals surface area (Å²) in [6.45, 7) is 4.60. The third kappa shape index (κ3) is 4.90. The minimum absolute atomic E-state index is 0.0495. The molecule has 258 valence electrons. The Bertz CT molecular complexity index is 3230. The minimum Gasteiger partial charge on any atom is -0.456 e. The van der Waals surface area contributed by atoms with Crippen molar-refractivity contribution in [3.05, 3.63) is 193 Å². The molecule has 10 aromatic carbocycles. The van der Waals surface area contributed by atoms with E-state index in [0.29, 0.717) is 0 Å². The van der Waals surface area contributed by atoms with Crippen molar-refractivity contribution in [2.45, 2.75) is 13.8 Å². The maximum Gasteiger partial charge on any atom is 0.242 e. The maximum atomic E-state index is 6.28. The van der Waals surface area contributed by atoms with Crippen molar-refractivity contribution in [3.63, 3.8) is 0 Å². The van der Waals surface area contributed by atoms with Crippen molar-refractivity contribution in [1.29, 1.82) is 0 Å². The summed E-state index contributed by atoms with van der Waals surface area (Å²) in [5.74, 6) is 0. The van der Waals surface area contributed by atoms with Crippen LogP contribution in [-0.2, 0) is 0 Å². The molecule has 11 aromatic rings. The number of nitrogens with zero attached hydrogens (tertiary/aromatic N) is 1. The molecule has 0 saturated heterocycles. The number of benzene rings is 10. The van der Waals surface area contributed by atoms with Gasteiger partial charge in [-0.3, -0.25) is 0 Å². The summed E-state index contributed by atoms with van der Waals surface area (Å²) < 4.78 is 6.28. The Labute approximate surface area is 320 Å². The molecule has 0 aliphatic heterocycles. The third-order valence-corrected chi connectivity index (χ3v) is 11.8. The second kappa shape index (κ2) is 12.4. The van der Waals surface area contributed by atoms with E-state index in [0.717, 1.165) is 39.0 Å². The van der Waals surface area contributed by atoms with Crippen LogP contribution in [0.4, 0.5) is 17.1 Å². The van der Waals surface area contributed by atoms with Gasteiger partial charge in [-0.25, -0.2) is 0 Å². The van der Waals surface area contributed by atoms with E-state index in [1.54, 1.807) is 0 Å². The average molecular weight is 702 g/mol. The molecule has 0 amide bonds. The molecule has 0 aliphatic rings. The van der Waals surface area contributed by atoms with E-state index in [1.165, 1.54) is 70.6 Å². The van der Waals surface area contributed by atoms with Crippen LogP contribution >= 0.6 is 0 Å². The molecular weight excluding hydrogens is 665 g/mol. The predicted molar refractivity (Wildman–Crippen MR) is 237 cm³/mol. The smallest absolute Gasteiger partial charge is 0.242 e. The van der Waals surface area contributed by atoms with Gasteiger partial charge >= 0.3 is 0 Å². The van der Waals surface area contributed by atoms with Crippen molar-refractivity contribution in [2.24, 2.45) is 0 Å². The Balaban J connectivity index is 1.21. The lowest BCUT2D eigenvalue weighted by atomic mass is 9.35. The highest BCUT2D eigenvalue weighted by molar-refractivity contribution is 6.98. The first-order chi connectivity index (χ1) is 27.1. The molecule has 0 N–H and O–H groups in total. The first-order valence-corrected chi connectivity index (χ1v) is 19.1. The average Bonchev–Trinajstić information content (AvgIpc) is 3.61. The molecule has 0 bridgehead atoms. The van der Waals surface area contributed by atoms with Gasteiger partial charge in [-0.2, -0.15) is 0 Å². The summed E-state index contributed by atoms with van der Waals surface area (Å²) in [5.41, 5.74) is 11.7. The van der Waals surface area contributed by atoms with Crippen molar-refractivity contribution >= 4 is 105 Å². The van der Waals surface area contributed by atoms with Crippen LogP contribution in [0.15, 0.2) is 186 Å². The van der Waals surface area contributed by atoms with E-state index < -0.39 is 0 Å². The van der Waals surface area contributed by atoms with Gasteiger partial charge in [-0.15, -0.1) is 0 Å². The van der Waals surface area contributed by atoms with E-state index in [-0.39, 0.29) is 6.71 Å². The van der Waals surface area contributed by atoms with Crippen molar-refractivity contribution in [1.82, 2.24) is 0 Å². The fourth-order valence-electron chi connectivity index (χ4n) is 9.31. The largest absolute Gasteiger partial charge is 0.456 e. The highest BCUT2D eigenvalue weighted by atomic mass is 16.3. The standard InChI is InChI=1S/C52H36BNO/c1-33-30-47(53(36-16-5-3-6-17-36)46-22-13-15-35-14-9-10-20-41(35)46)43-27-25-40-34(2)31-48(44-28-26-39(33)51(43)52(40)44)54(37-18-7-4-8-19-37)38-24-29-50-45(32-38)42-21-11-12-23-49(42)55-50/h3-32H,1-2H3. The minimum atomic E-state index is 0.0495. The lowest BCUT2D eigenvalue weighted by molar-refractivity contribution is 0.669. The van der Waals surface area contributed by atoms with Gasteiger partial charge in [-0.1, -0.05) is 156 Å². The van der Waals surface area contributed by atoms with Crippen LogP contribution in [0.1, 0.15) is 11.1 Å². The number of hydrogen-bond donors (Lipinski definition) is 0. The quantitative estimate of drug-likeness (QED) is 0.127. The van der Waals surface area contributed by atoms with E-state index in [2.05, 4.69) is 189 Å².